The molecule has 0 spiro atoms. The van der Waals surface area contributed by atoms with Crippen molar-refractivity contribution in [1.29, 1.82) is 0 Å². The molecule has 0 bridgehead atoms. The van der Waals surface area contributed by atoms with E-state index < -0.39 is 0 Å². The average Bonchev–Trinajstić information content (AvgIpc) is 2.62. The molecule has 0 N–H and O–H groups in total. The zero-order chi connectivity index (χ0) is 12.6. The lowest BCUT2D eigenvalue weighted by atomic mass is 10.1. The van der Waals surface area contributed by atoms with Crippen LogP contribution in [-0.2, 0) is 0 Å². The fourth-order valence-corrected chi connectivity index (χ4v) is 3.95. The lowest BCUT2D eigenvalue weighted by Crippen LogP contribution is -1.91. The zero-order valence-electron chi connectivity index (χ0n) is 8.18. The van der Waals surface area contributed by atoms with Crippen molar-refractivity contribution in [2.24, 2.45) is 0 Å². The molecule has 1 unspecified atom stereocenters. The van der Waals surface area contributed by atoms with Crippen molar-refractivity contribution in [3.63, 3.8) is 0 Å². The molecule has 6 heteroatoms. The van der Waals surface area contributed by atoms with E-state index in [0.717, 1.165) is 14.2 Å². The third kappa shape index (κ3) is 2.94. The van der Waals surface area contributed by atoms with E-state index in [0.29, 0.717) is 15.1 Å². The van der Waals surface area contributed by atoms with Gasteiger partial charge in [-0.15, -0.1) is 22.9 Å². The molecule has 0 fully saturated rings. The summed E-state index contributed by atoms with van der Waals surface area (Å²) in [6.45, 7) is 0. The Balaban J connectivity index is 2.43. The summed E-state index contributed by atoms with van der Waals surface area (Å²) < 4.78 is 0.859. The molecule has 17 heavy (non-hydrogen) atoms. The fourth-order valence-electron chi connectivity index (χ4n) is 1.36. The topological polar surface area (TPSA) is 0 Å². The van der Waals surface area contributed by atoms with Crippen LogP contribution in [0.3, 0.4) is 0 Å². The molecule has 2 rings (SSSR count). The van der Waals surface area contributed by atoms with Crippen LogP contribution in [0.4, 0.5) is 0 Å². The Bertz CT molecular complexity index is 533. The van der Waals surface area contributed by atoms with E-state index in [4.69, 9.17) is 46.4 Å². The van der Waals surface area contributed by atoms with Gasteiger partial charge in [0.25, 0.3) is 0 Å². The second-order valence-electron chi connectivity index (χ2n) is 3.28. The molecule has 2 aromatic rings. The van der Waals surface area contributed by atoms with Crippen molar-refractivity contribution in [1.82, 2.24) is 0 Å². The van der Waals surface area contributed by atoms with Gasteiger partial charge < -0.3 is 0 Å². The number of thiophene rings is 1. The average molecular weight is 391 g/mol. The standard InChI is InChI=1S/C11H5BrCl4S/c12-11-7(14)4-8(17-11)10(16)5-2-1-3-6(13)9(5)15/h1-4,10H. The normalized spacial score (nSPS) is 12.8. The summed E-state index contributed by atoms with van der Waals surface area (Å²) in [4.78, 5) is 0.924. The molecule has 0 nitrogen and oxygen atoms in total. The van der Waals surface area contributed by atoms with Crippen LogP contribution >= 0.6 is 73.7 Å². The summed E-state index contributed by atoms with van der Waals surface area (Å²) in [7, 11) is 0. The van der Waals surface area contributed by atoms with Gasteiger partial charge in [0, 0.05) is 4.88 Å². The molecule has 90 valence electrons. The largest absolute Gasteiger partial charge is 0.130 e. The van der Waals surface area contributed by atoms with Crippen LogP contribution in [0, 0.1) is 0 Å². The first kappa shape index (κ1) is 14.0. The summed E-state index contributed by atoms with van der Waals surface area (Å²) in [5.74, 6) is 0. The highest BCUT2D eigenvalue weighted by molar-refractivity contribution is 9.11. The smallest absolute Gasteiger partial charge is 0.0943 e. The number of benzene rings is 1. The number of rotatable bonds is 2. The highest BCUT2D eigenvalue weighted by atomic mass is 79.9. The van der Waals surface area contributed by atoms with Crippen LogP contribution in [0.5, 0.6) is 0 Å². The van der Waals surface area contributed by atoms with Gasteiger partial charge in [0.15, 0.2) is 0 Å². The molecular formula is C11H5BrCl4S. The van der Waals surface area contributed by atoms with Crippen molar-refractivity contribution in [2.75, 3.05) is 0 Å². The van der Waals surface area contributed by atoms with Gasteiger partial charge in [-0.3, -0.25) is 0 Å². The Kier molecular flexibility index (Phi) is 4.67. The van der Waals surface area contributed by atoms with E-state index >= 15 is 0 Å². The minimum atomic E-state index is -0.352. The number of halogens is 5. The fraction of sp³-hybridized carbons (Fsp3) is 0.0909. The Morgan fingerprint density at radius 3 is 2.41 bits per heavy atom. The van der Waals surface area contributed by atoms with Crippen molar-refractivity contribution in [3.8, 4) is 0 Å². The third-order valence-corrected chi connectivity index (χ3v) is 6.14. The monoisotopic (exact) mass is 388 g/mol. The maximum Gasteiger partial charge on any atom is 0.0943 e. The number of hydrogen-bond acceptors (Lipinski definition) is 1. The van der Waals surface area contributed by atoms with E-state index in [-0.39, 0.29) is 5.38 Å². The second kappa shape index (κ2) is 5.68. The summed E-state index contributed by atoms with van der Waals surface area (Å²) in [5.41, 5.74) is 0.784. The van der Waals surface area contributed by atoms with E-state index in [1.807, 2.05) is 18.2 Å². The maximum absolute atomic E-state index is 6.38. The molecular weight excluding hydrogens is 386 g/mol. The maximum atomic E-state index is 6.38. The van der Waals surface area contributed by atoms with Gasteiger partial charge >= 0.3 is 0 Å². The predicted molar refractivity (Wildman–Crippen MR) is 81.2 cm³/mol. The van der Waals surface area contributed by atoms with Crippen LogP contribution in [0.2, 0.25) is 15.1 Å². The molecule has 0 aliphatic heterocycles. The molecule has 1 atom stereocenters. The highest BCUT2D eigenvalue weighted by Crippen LogP contribution is 2.43. The summed E-state index contributed by atoms with van der Waals surface area (Å²) in [6.07, 6.45) is 0. The van der Waals surface area contributed by atoms with Gasteiger partial charge in [0.05, 0.1) is 24.2 Å². The SMILES string of the molecule is Clc1cc(C(Cl)c2cccc(Cl)c2Cl)sc1Br. The molecule has 0 amide bonds. The Labute approximate surface area is 132 Å². The van der Waals surface area contributed by atoms with Crippen LogP contribution in [0.15, 0.2) is 28.1 Å². The quantitative estimate of drug-likeness (QED) is 0.494. The van der Waals surface area contributed by atoms with Crippen LogP contribution in [0.1, 0.15) is 15.8 Å². The minimum Gasteiger partial charge on any atom is -0.130 e. The van der Waals surface area contributed by atoms with Gasteiger partial charge in [-0.2, -0.15) is 0 Å². The molecule has 0 aliphatic rings. The van der Waals surface area contributed by atoms with Crippen LogP contribution in [-0.4, -0.2) is 0 Å². The first-order valence-electron chi connectivity index (χ1n) is 4.53. The highest BCUT2D eigenvalue weighted by Gasteiger charge is 2.19. The number of alkyl halides is 1. The number of hydrogen-bond donors (Lipinski definition) is 0. The van der Waals surface area contributed by atoms with Gasteiger partial charge in [-0.25, -0.2) is 0 Å². The van der Waals surface area contributed by atoms with E-state index in [2.05, 4.69) is 15.9 Å². The van der Waals surface area contributed by atoms with Gasteiger partial charge in [0.1, 0.15) is 0 Å². The first-order valence-corrected chi connectivity index (χ1v) is 7.71. The van der Waals surface area contributed by atoms with Crippen molar-refractivity contribution < 1.29 is 0 Å². The molecule has 1 heterocycles. The lowest BCUT2D eigenvalue weighted by Gasteiger charge is -2.10. The van der Waals surface area contributed by atoms with E-state index in [9.17, 15) is 0 Å². The zero-order valence-corrected chi connectivity index (χ0v) is 13.6. The summed E-state index contributed by atoms with van der Waals surface area (Å²) >= 11 is 29.3. The Hall–Kier alpha value is 0.560. The van der Waals surface area contributed by atoms with Gasteiger partial charge in [-0.05, 0) is 33.6 Å². The van der Waals surface area contributed by atoms with Crippen molar-refractivity contribution in [2.45, 2.75) is 5.38 Å². The first-order chi connectivity index (χ1) is 8.00. The predicted octanol–water partition coefficient (Wildman–Crippen LogP) is 6.80. The van der Waals surface area contributed by atoms with Crippen LogP contribution in [0.25, 0.3) is 0 Å². The summed E-state index contributed by atoms with van der Waals surface area (Å²) in [6, 6.07) is 7.23. The molecule has 0 aliphatic carbocycles. The molecule has 1 aromatic heterocycles. The third-order valence-electron chi connectivity index (χ3n) is 2.17. The Morgan fingerprint density at radius 2 is 1.82 bits per heavy atom. The lowest BCUT2D eigenvalue weighted by molar-refractivity contribution is 1.18. The molecule has 1 aromatic carbocycles. The van der Waals surface area contributed by atoms with Crippen molar-refractivity contribution in [3.05, 3.63) is 53.6 Å². The van der Waals surface area contributed by atoms with Gasteiger partial charge in [0.2, 0.25) is 0 Å². The second-order valence-corrected chi connectivity index (χ2v) is 7.31. The summed E-state index contributed by atoms with van der Waals surface area (Å²) in [5, 5.41) is 1.27. The van der Waals surface area contributed by atoms with Crippen molar-refractivity contribution >= 4 is 73.7 Å². The molecule has 0 saturated carbocycles. The molecule has 0 saturated heterocycles. The molecule has 0 radical (unpaired) electrons. The minimum absolute atomic E-state index is 0.352. The van der Waals surface area contributed by atoms with Gasteiger partial charge in [-0.1, -0.05) is 46.9 Å². The van der Waals surface area contributed by atoms with E-state index in [1.54, 1.807) is 6.07 Å². The van der Waals surface area contributed by atoms with Crippen LogP contribution < -0.4 is 0 Å². The van der Waals surface area contributed by atoms with E-state index in [1.165, 1.54) is 11.3 Å². The Morgan fingerprint density at radius 1 is 1.12 bits per heavy atom.